The minimum Gasteiger partial charge on any atom is -0.316 e. The Balaban J connectivity index is 1.98. The zero-order valence-electron chi connectivity index (χ0n) is 13.1. The molecule has 2 rings (SSSR count). The summed E-state index contributed by atoms with van der Waals surface area (Å²) in [6.45, 7) is 4.32. The van der Waals surface area contributed by atoms with Crippen molar-refractivity contribution in [3.05, 3.63) is 35.1 Å². The van der Waals surface area contributed by atoms with Crippen molar-refractivity contribution in [1.29, 1.82) is 0 Å². The molecule has 0 saturated heterocycles. The van der Waals surface area contributed by atoms with Gasteiger partial charge in [-0.2, -0.15) is 0 Å². The molecular formula is C18H28FN. The molecule has 1 aromatic rings. The fourth-order valence-corrected chi connectivity index (χ4v) is 3.63. The number of likely N-dealkylation sites (N-methyl/N-ethyl adjacent to an activating group) is 1. The number of benzene rings is 1. The lowest BCUT2D eigenvalue weighted by Crippen LogP contribution is -2.37. The molecule has 1 nitrogen and oxygen atoms in total. The standard InChI is InChI=1S/C18H28FN/c1-4-14-5-7-15(8-6-14)18(20-3)12-16-9-10-17(19)11-13(16)2/h9-11,14-15,18,20H,4-8,12H2,1-3H3. The Morgan fingerprint density at radius 2 is 1.95 bits per heavy atom. The minimum absolute atomic E-state index is 0.129. The second-order valence-electron chi connectivity index (χ2n) is 6.36. The van der Waals surface area contributed by atoms with Crippen molar-refractivity contribution < 1.29 is 4.39 Å². The maximum Gasteiger partial charge on any atom is 0.123 e. The van der Waals surface area contributed by atoms with Crippen LogP contribution < -0.4 is 5.32 Å². The highest BCUT2D eigenvalue weighted by Crippen LogP contribution is 2.33. The molecule has 0 aliphatic heterocycles. The normalized spacial score (nSPS) is 24.6. The van der Waals surface area contributed by atoms with Gasteiger partial charge in [0.15, 0.2) is 0 Å². The van der Waals surface area contributed by atoms with E-state index >= 15 is 0 Å². The van der Waals surface area contributed by atoms with Crippen molar-refractivity contribution in [2.75, 3.05) is 7.05 Å². The number of halogens is 1. The van der Waals surface area contributed by atoms with Crippen LogP contribution in [0.1, 0.15) is 50.2 Å². The van der Waals surface area contributed by atoms with Gasteiger partial charge in [0.1, 0.15) is 5.82 Å². The first kappa shape index (κ1) is 15.5. The first-order valence-electron chi connectivity index (χ1n) is 8.06. The van der Waals surface area contributed by atoms with E-state index in [2.05, 4.69) is 19.3 Å². The molecule has 0 spiro atoms. The van der Waals surface area contributed by atoms with Crippen molar-refractivity contribution >= 4 is 0 Å². The third-order valence-corrected chi connectivity index (χ3v) is 5.15. The second-order valence-corrected chi connectivity index (χ2v) is 6.36. The second kappa shape index (κ2) is 7.21. The van der Waals surface area contributed by atoms with Crippen LogP contribution in [-0.4, -0.2) is 13.1 Å². The Bertz CT molecular complexity index is 421. The molecule has 1 aromatic carbocycles. The summed E-state index contributed by atoms with van der Waals surface area (Å²) in [4.78, 5) is 0. The largest absolute Gasteiger partial charge is 0.316 e. The molecule has 2 heteroatoms. The van der Waals surface area contributed by atoms with Gasteiger partial charge in [-0.25, -0.2) is 4.39 Å². The molecule has 0 aromatic heterocycles. The van der Waals surface area contributed by atoms with Gasteiger partial charge in [0, 0.05) is 6.04 Å². The van der Waals surface area contributed by atoms with Crippen LogP contribution in [0.15, 0.2) is 18.2 Å². The zero-order chi connectivity index (χ0) is 14.5. The molecule has 1 atom stereocenters. The molecule has 20 heavy (non-hydrogen) atoms. The highest BCUT2D eigenvalue weighted by Gasteiger charge is 2.26. The molecule has 1 aliphatic rings. The van der Waals surface area contributed by atoms with E-state index < -0.39 is 0 Å². The monoisotopic (exact) mass is 277 g/mol. The van der Waals surface area contributed by atoms with Crippen LogP contribution in [0.4, 0.5) is 4.39 Å². The molecule has 1 N–H and O–H groups in total. The molecule has 1 fully saturated rings. The summed E-state index contributed by atoms with van der Waals surface area (Å²) in [7, 11) is 2.06. The van der Waals surface area contributed by atoms with Gasteiger partial charge in [-0.05, 0) is 68.3 Å². The Kier molecular flexibility index (Phi) is 5.59. The molecule has 1 saturated carbocycles. The van der Waals surface area contributed by atoms with Crippen LogP contribution >= 0.6 is 0 Å². The van der Waals surface area contributed by atoms with E-state index in [-0.39, 0.29) is 5.82 Å². The van der Waals surface area contributed by atoms with Gasteiger partial charge in [-0.3, -0.25) is 0 Å². The van der Waals surface area contributed by atoms with Crippen LogP contribution in [0.3, 0.4) is 0 Å². The van der Waals surface area contributed by atoms with E-state index in [1.54, 1.807) is 12.1 Å². The predicted octanol–water partition coefficient (Wildman–Crippen LogP) is 4.48. The molecule has 1 unspecified atom stereocenters. The summed E-state index contributed by atoms with van der Waals surface area (Å²) in [5.74, 6) is 1.58. The minimum atomic E-state index is -0.129. The fourth-order valence-electron chi connectivity index (χ4n) is 3.63. The number of aryl methyl sites for hydroxylation is 1. The molecule has 1 aliphatic carbocycles. The lowest BCUT2D eigenvalue weighted by Gasteiger charge is -2.34. The number of hydrogen-bond donors (Lipinski definition) is 1. The Morgan fingerprint density at radius 3 is 2.50 bits per heavy atom. The summed E-state index contributed by atoms with van der Waals surface area (Å²) in [5.41, 5.74) is 2.36. The van der Waals surface area contributed by atoms with Gasteiger partial charge in [-0.15, -0.1) is 0 Å². The van der Waals surface area contributed by atoms with Crippen LogP contribution in [0.2, 0.25) is 0 Å². The molecular weight excluding hydrogens is 249 g/mol. The summed E-state index contributed by atoms with van der Waals surface area (Å²) in [6.07, 6.45) is 7.77. The lowest BCUT2D eigenvalue weighted by atomic mass is 9.76. The SMILES string of the molecule is CCC1CCC(C(Cc2ccc(F)cc2C)NC)CC1. The summed E-state index contributed by atoms with van der Waals surface area (Å²) in [6, 6.07) is 5.71. The lowest BCUT2D eigenvalue weighted by molar-refractivity contribution is 0.222. The van der Waals surface area contributed by atoms with E-state index in [1.807, 2.05) is 13.0 Å². The highest BCUT2D eigenvalue weighted by molar-refractivity contribution is 5.27. The van der Waals surface area contributed by atoms with Gasteiger partial charge in [0.2, 0.25) is 0 Å². The van der Waals surface area contributed by atoms with Crippen LogP contribution in [0.5, 0.6) is 0 Å². The maximum atomic E-state index is 13.2. The van der Waals surface area contributed by atoms with Gasteiger partial charge < -0.3 is 5.32 Å². The first-order chi connectivity index (χ1) is 9.63. The van der Waals surface area contributed by atoms with E-state index in [1.165, 1.54) is 37.7 Å². The number of rotatable bonds is 5. The van der Waals surface area contributed by atoms with Crippen LogP contribution in [0.25, 0.3) is 0 Å². The molecule has 112 valence electrons. The van der Waals surface area contributed by atoms with Crippen molar-refractivity contribution in [2.24, 2.45) is 11.8 Å². The van der Waals surface area contributed by atoms with Crippen molar-refractivity contribution in [1.82, 2.24) is 5.32 Å². The highest BCUT2D eigenvalue weighted by atomic mass is 19.1. The number of nitrogens with one attached hydrogen (secondary N) is 1. The summed E-state index contributed by atoms with van der Waals surface area (Å²) >= 11 is 0. The molecule has 0 amide bonds. The van der Waals surface area contributed by atoms with Crippen molar-refractivity contribution in [3.63, 3.8) is 0 Å². The average Bonchev–Trinajstić information content (AvgIpc) is 2.47. The third-order valence-electron chi connectivity index (χ3n) is 5.15. The molecule has 0 heterocycles. The van der Waals surface area contributed by atoms with Gasteiger partial charge >= 0.3 is 0 Å². The van der Waals surface area contributed by atoms with E-state index in [0.717, 1.165) is 23.8 Å². The van der Waals surface area contributed by atoms with E-state index in [9.17, 15) is 4.39 Å². The summed E-state index contributed by atoms with van der Waals surface area (Å²) in [5, 5.41) is 3.50. The zero-order valence-corrected chi connectivity index (χ0v) is 13.1. The van der Waals surface area contributed by atoms with E-state index in [4.69, 9.17) is 0 Å². The smallest absolute Gasteiger partial charge is 0.123 e. The average molecular weight is 277 g/mol. The van der Waals surface area contributed by atoms with Crippen LogP contribution in [-0.2, 0) is 6.42 Å². The fraction of sp³-hybridized carbons (Fsp3) is 0.667. The molecule has 0 radical (unpaired) electrons. The van der Waals surface area contributed by atoms with Crippen molar-refractivity contribution in [3.8, 4) is 0 Å². The predicted molar refractivity (Wildman–Crippen MR) is 83.4 cm³/mol. The Morgan fingerprint density at radius 1 is 1.25 bits per heavy atom. The van der Waals surface area contributed by atoms with Gasteiger partial charge in [0.05, 0.1) is 0 Å². The van der Waals surface area contributed by atoms with Gasteiger partial charge in [-0.1, -0.05) is 32.3 Å². The molecule has 0 bridgehead atoms. The Hall–Kier alpha value is -0.890. The van der Waals surface area contributed by atoms with Gasteiger partial charge in [0.25, 0.3) is 0 Å². The quantitative estimate of drug-likeness (QED) is 0.836. The topological polar surface area (TPSA) is 12.0 Å². The van der Waals surface area contributed by atoms with E-state index in [0.29, 0.717) is 6.04 Å². The Labute approximate surface area is 123 Å². The van der Waals surface area contributed by atoms with Crippen LogP contribution in [0, 0.1) is 24.6 Å². The first-order valence-corrected chi connectivity index (χ1v) is 8.06. The third kappa shape index (κ3) is 3.82. The summed E-state index contributed by atoms with van der Waals surface area (Å²) < 4.78 is 13.2. The maximum absolute atomic E-state index is 13.2. The number of hydrogen-bond acceptors (Lipinski definition) is 1. The van der Waals surface area contributed by atoms with Crippen molar-refractivity contribution in [2.45, 2.75) is 58.4 Å².